The lowest BCUT2D eigenvalue weighted by atomic mass is 10.2. The third kappa shape index (κ3) is 4.37. The summed E-state index contributed by atoms with van der Waals surface area (Å²) >= 11 is 1.59. The van der Waals surface area contributed by atoms with Crippen LogP contribution in [0, 0.1) is 5.92 Å². The number of carbonyl (C=O) groups is 1. The van der Waals surface area contributed by atoms with E-state index in [0.717, 1.165) is 10.1 Å². The van der Waals surface area contributed by atoms with Gasteiger partial charge in [0.05, 0.1) is 7.11 Å². The van der Waals surface area contributed by atoms with Crippen LogP contribution in [0.2, 0.25) is 0 Å². The van der Waals surface area contributed by atoms with E-state index < -0.39 is 10.0 Å². The third-order valence-corrected chi connectivity index (χ3v) is 5.74. The molecule has 124 valence electrons. The monoisotopic (exact) mass is 346 g/mol. The molecule has 1 rings (SSSR count). The molecule has 22 heavy (non-hydrogen) atoms. The Morgan fingerprint density at radius 2 is 2.05 bits per heavy atom. The summed E-state index contributed by atoms with van der Waals surface area (Å²) in [6.45, 7) is 1.84. The Morgan fingerprint density at radius 3 is 2.55 bits per heavy atom. The van der Waals surface area contributed by atoms with Crippen LogP contribution in [0.25, 0.3) is 0 Å². The van der Waals surface area contributed by atoms with E-state index in [1.807, 2.05) is 13.2 Å². The molecule has 1 unspecified atom stereocenters. The minimum Gasteiger partial charge on any atom is -0.495 e. The lowest BCUT2D eigenvalue weighted by Crippen LogP contribution is -2.24. The summed E-state index contributed by atoms with van der Waals surface area (Å²) in [5.41, 5.74) is 0.507. The molecule has 1 amide bonds. The molecule has 0 aliphatic rings. The standard InChI is InChI=1S/C14H22N2O4S2/c1-10(9-21-5)14(17)15-11-6-7-13(12(8-11)20-4)22(18,19)16(2)3/h6-8,10H,9H2,1-5H3,(H,15,17). The second-order valence-corrected chi connectivity index (χ2v) is 8.03. The van der Waals surface area contributed by atoms with Crippen molar-refractivity contribution in [3.05, 3.63) is 18.2 Å². The molecule has 1 atom stereocenters. The molecule has 6 nitrogen and oxygen atoms in total. The molecule has 0 heterocycles. The summed E-state index contributed by atoms with van der Waals surface area (Å²) in [6, 6.07) is 4.51. The van der Waals surface area contributed by atoms with Gasteiger partial charge in [-0.2, -0.15) is 11.8 Å². The number of hydrogen-bond acceptors (Lipinski definition) is 5. The van der Waals surface area contributed by atoms with Crippen molar-refractivity contribution < 1.29 is 17.9 Å². The number of amides is 1. The van der Waals surface area contributed by atoms with Crippen molar-refractivity contribution in [2.45, 2.75) is 11.8 Å². The Labute approximate surface area is 136 Å². The largest absolute Gasteiger partial charge is 0.495 e. The highest BCUT2D eigenvalue weighted by molar-refractivity contribution is 7.98. The van der Waals surface area contributed by atoms with Crippen LogP contribution in [0.5, 0.6) is 5.75 Å². The molecule has 1 N–H and O–H groups in total. The predicted molar refractivity (Wildman–Crippen MR) is 90.0 cm³/mol. The molecule has 0 spiro atoms. The number of sulfonamides is 1. The first-order chi connectivity index (χ1) is 10.2. The van der Waals surface area contributed by atoms with Crippen molar-refractivity contribution in [2.75, 3.05) is 38.5 Å². The zero-order chi connectivity index (χ0) is 16.9. The summed E-state index contributed by atoms with van der Waals surface area (Å²) in [7, 11) is 0.703. The number of anilines is 1. The molecular weight excluding hydrogens is 324 g/mol. The summed E-state index contributed by atoms with van der Waals surface area (Å²) in [5.74, 6) is 0.672. The van der Waals surface area contributed by atoms with E-state index in [1.165, 1.54) is 33.3 Å². The van der Waals surface area contributed by atoms with Gasteiger partial charge in [0.1, 0.15) is 10.6 Å². The van der Waals surface area contributed by atoms with Gasteiger partial charge >= 0.3 is 0 Å². The van der Waals surface area contributed by atoms with E-state index in [0.29, 0.717) is 5.69 Å². The van der Waals surface area contributed by atoms with Crippen LogP contribution >= 0.6 is 11.8 Å². The zero-order valence-electron chi connectivity index (χ0n) is 13.4. The van der Waals surface area contributed by atoms with Gasteiger partial charge in [0.15, 0.2) is 0 Å². The summed E-state index contributed by atoms with van der Waals surface area (Å²) in [5, 5.41) is 2.77. The van der Waals surface area contributed by atoms with Crippen LogP contribution in [0.4, 0.5) is 5.69 Å². The van der Waals surface area contributed by atoms with Gasteiger partial charge in [-0.15, -0.1) is 0 Å². The lowest BCUT2D eigenvalue weighted by Gasteiger charge is -2.16. The quantitative estimate of drug-likeness (QED) is 0.816. The molecule has 0 radical (unpaired) electrons. The summed E-state index contributed by atoms with van der Waals surface area (Å²) < 4.78 is 30.7. The third-order valence-electron chi connectivity index (χ3n) is 3.05. The highest BCUT2D eigenvalue weighted by atomic mass is 32.2. The first-order valence-electron chi connectivity index (χ1n) is 6.64. The maximum absolute atomic E-state index is 12.2. The topological polar surface area (TPSA) is 75.7 Å². The fraction of sp³-hybridized carbons (Fsp3) is 0.500. The number of benzene rings is 1. The van der Waals surface area contributed by atoms with Gasteiger partial charge in [0.25, 0.3) is 0 Å². The number of thioether (sulfide) groups is 1. The normalized spacial score (nSPS) is 13.0. The Morgan fingerprint density at radius 1 is 1.41 bits per heavy atom. The average molecular weight is 346 g/mol. The van der Waals surface area contributed by atoms with Crippen LogP contribution in [0.15, 0.2) is 23.1 Å². The first kappa shape index (κ1) is 18.8. The van der Waals surface area contributed by atoms with E-state index in [1.54, 1.807) is 17.8 Å². The van der Waals surface area contributed by atoms with E-state index >= 15 is 0 Å². The molecule has 1 aromatic rings. The predicted octanol–water partition coefficient (Wildman–Crippen LogP) is 1.88. The van der Waals surface area contributed by atoms with Crippen LogP contribution in [-0.4, -0.2) is 51.8 Å². The number of methoxy groups -OCH3 is 1. The molecule has 0 bridgehead atoms. The van der Waals surface area contributed by atoms with E-state index in [9.17, 15) is 13.2 Å². The zero-order valence-corrected chi connectivity index (χ0v) is 15.0. The van der Waals surface area contributed by atoms with Gasteiger partial charge in [0, 0.05) is 37.5 Å². The molecule has 0 saturated heterocycles. The number of carbonyl (C=O) groups excluding carboxylic acids is 1. The minimum atomic E-state index is -3.60. The van der Waals surface area contributed by atoms with Crippen molar-refractivity contribution >= 4 is 33.4 Å². The van der Waals surface area contributed by atoms with Crippen molar-refractivity contribution in [2.24, 2.45) is 5.92 Å². The van der Waals surface area contributed by atoms with E-state index in [4.69, 9.17) is 4.74 Å². The second-order valence-electron chi connectivity index (χ2n) is 5.00. The number of rotatable bonds is 7. The summed E-state index contributed by atoms with van der Waals surface area (Å²) in [6.07, 6.45) is 1.94. The smallest absolute Gasteiger partial charge is 0.246 e. The fourth-order valence-electron chi connectivity index (χ4n) is 1.75. The van der Waals surface area contributed by atoms with Crippen molar-refractivity contribution in [1.29, 1.82) is 0 Å². The van der Waals surface area contributed by atoms with Crippen molar-refractivity contribution in [3.63, 3.8) is 0 Å². The minimum absolute atomic E-state index is 0.0650. The molecule has 8 heteroatoms. The van der Waals surface area contributed by atoms with Gasteiger partial charge in [-0.05, 0) is 18.4 Å². The molecule has 0 aliphatic carbocycles. The van der Waals surface area contributed by atoms with E-state index in [2.05, 4.69) is 5.32 Å². The molecule has 0 fully saturated rings. The maximum Gasteiger partial charge on any atom is 0.246 e. The molecule has 1 aromatic carbocycles. The number of ether oxygens (including phenoxy) is 1. The Balaban J connectivity index is 3.06. The molecule has 0 aromatic heterocycles. The summed E-state index contributed by atoms with van der Waals surface area (Å²) in [4.78, 5) is 12.1. The highest BCUT2D eigenvalue weighted by Gasteiger charge is 2.22. The average Bonchev–Trinajstić information content (AvgIpc) is 2.46. The Kier molecular flexibility index (Phi) is 6.70. The number of nitrogens with zero attached hydrogens (tertiary/aromatic N) is 1. The van der Waals surface area contributed by atoms with Gasteiger partial charge in [-0.1, -0.05) is 6.92 Å². The van der Waals surface area contributed by atoms with E-state index in [-0.39, 0.29) is 22.5 Å². The number of hydrogen-bond donors (Lipinski definition) is 1. The maximum atomic E-state index is 12.2. The van der Waals surface area contributed by atoms with Crippen LogP contribution in [0.3, 0.4) is 0 Å². The first-order valence-corrected chi connectivity index (χ1v) is 9.47. The molecule has 0 saturated carbocycles. The second kappa shape index (κ2) is 7.85. The van der Waals surface area contributed by atoms with Crippen LogP contribution in [0.1, 0.15) is 6.92 Å². The Bertz CT molecular complexity index is 630. The van der Waals surface area contributed by atoms with Crippen molar-refractivity contribution in [3.8, 4) is 5.75 Å². The lowest BCUT2D eigenvalue weighted by molar-refractivity contribution is -0.118. The molecule has 0 aliphatic heterocycles. The van der Waals surface area contributed by atoms with Gasteiger partial charge in [0.2, 0.25) is 15.9 Å². The van der Waals surface area contributed by atoms with Gasteiger partial charge < -0.3 is 10.1 Å². The molecular formula is C14H22N2O4S2. The fourth-order valence-corrected chi connectivity index (χ4v) is 3.43. The number of nitrogens with one attached hydrogen (secondary N) is 1. The van der Waals surface area contributed by atoms with Gasteiger partial charge in [-0.3, -0.25) is 4.79 Å². The Hall–Kier alpha value is -1.25. The highest BCUT2D eigenvalue weighted by Crippen LogP contribution is 2.29. The van der Waals surface area contributed by atoms with Crippen LogP contribution < -0.4 is 10.1 Å². The van der Waals surface area contributed by atoms with Crippen molar-refractivity contribution in [1.82, 2.24) is 4.31 Å². The SMILES string of the molecule is COc1cc(NC(=O)C(C)CSC)ccc1S(=O)(=O)N(C)C. The van der Waals surface area contributed by atoms with Crippen LogP contribution in [-0.2, 0) is 14.8 Å². The van der Waals surface area contributed by atoms with Gasteiger partial charge in [-0.25, -0.2) is 12.7 Å².